The van der Waals surface area contributed by atoms with E-state index in [9.17, 15) is 14.4 Å². The average Bonchev–Trinajstić information content (AvgIpc) is 2.79. The SMILES string of the molecule is CCN(Cc1nc2ccccc2c(=O)[nH]1)C(=O)C1=NN(c2cc(C)ccc2C)C(=O)CC1. The Hall–Kier alpha value is -3.81. The van der Waals surface area contributed by atoms with Crippen LogP contribution in [0.2, 0.25) is 0 Å². The Balaban J connectivity index is 1.62. The summed E-state index contributed by atoms with van der Waals surface area (Å²) in [5, 5.41) is 6.27. The number of hydrazone groups is 1. The van der Waals surface area contributed by atoms with Gasteiger partial charge in [-0.25, -0.2) is 9.99 Å². The number of aromatic nitrogens is 2. The van der Waals surface area contributed by atoms with Crippen LogP contribution in [0.3, 0.4) is 0 Å². The minimum Gasteiger partial charge on any atom is -0.330 e. The van der Waals surface area contributed by atoms with E-state index in [-0.39, 0.29) is 36.8 Å². The number of nitrogens with zero attached hydrogens (tertiary/aromatic N) is 4. The smallest absolute Gasteiger partial charge is 0.270 e. The number of aryl methyl sites for hydroxylation is 2. The van der Waals surface area contributed by atoms with E-state index in [0.717, 1.165) is 11.1 Å². The minimum absolute atomic E-state index is 0.140. The molecule has 4 rings (SSSR count). The van der Waals surface area contributed by atoms with E-state index in [1.165, 1.54) is 5.01 Å². The Bertz CT molecular complexity index is 1290. The highest BCUT2D eigenvalue weighted by Crippen LogP contribution is 2.26. The molecule has 1 N–H and O–H groups in total. The molecule has 8 nitrogen and oxygen atoms in total. The summed E-state index contributed by atoms with van der Waals surface area (Å²) in [7, 11) is 0. The van der Waals surface area contributed by atoms with Crippen molar-refractivity contribution in [2.75, 3.05) is 11.6 Å². The van der Waals surface area contributed by atoms with E-state index in [1.54, 1.807) is 23.1 Å². The van der Waals surface area contributed by atoms with E-state index in [0.29, 0.717) is 34.7 Å². The highest BCUT2D eigenvalue weighted by Gasteiger charge is 2.29. The molecule has 3 aromatic rings. The predicted molar refractivity (Wildman–Crippen MR) is 124 cm³/mol. The summed E-state index contributed by atoms with van der Waals surface area (Å²) in [5.74, 6) is -0.00675. The van der Waals surface area contributed by atoms with Gasteiger partial charge in [0.15, 0.2) is 0 Å². The van der Waals surface area contributed by atoms with Gasteiger partial charge in [-0.05, 0) is 50.1 Å². The number of rotatable bonds is 5. The first-order chi connectivity index (χ1) is 15.4. The van der Waals surface area contributed by atoms with Crippen molar-refractivity contribution in [2.24, 2.45) is 5.10 Å². The number of para-hydroxylation sites is 1. The Labute approximate surface area is 185 Å². The van der Waals surface area contributed by atoms with Gasteiger partial charge in [-0.3, -0.25) is 14.4 Å². The van der Waals surface area contributed by atoms with Crippen molar-refractivity contribution >= 4 is 34.1 Å². The van der Waals surface area contributed by atoms with E-state index in [2.05, 4.69) is 15.1 Å². The van der Waals surface area contributed by atoms with Crippen molar-refractivity contribution < 1.29 is 9.59 Å². The molecule has 2 aromatic carbocycles. The second kappa shape index (κ2) is 8.74. The molecule has 0 saturated heterocycles. The van der Waals surface area contributed by atoms with Crippen molar-refractivity contribution in [3.05, 3.63) is 69.8 Å². The highest BCUT2D eigenvalue weighted by molar-refractivity contribution is 6.40. The van der Waals surface area contributed by atoms with Crippen molar-refractivity contribution in [2.45, 2.75) is 40.2 Å². The molecular formula is C24H25N5O3. The first-order valence-corrected chi connectivity index (χ1v) is 10.6. The zero-order chi connectivity index (χ0) is 22.8. The number of hydrogen-bond acceptors (Lipinski definition) is 5. The molecule has 8 heteroatoms. The number of fused-ring (bicyclic) bond motifs is 1. The van der Waals surface area contributed by atoms with Crippen molar-refractivity contribution in [3.8, 4) is 0 Å². The van der Waals surface area contributed by atoms with Crippen LogP contribution >= 0.6 is 0 Å². The lowest BCUT2D eigenvalue weighted by atomic mass is 10.1. The monoisotopic (exact) mass is 431 g/mol. The molecule has 1 aliphatic heterocycles. The Kier molecular flexibility index (Phi) is 5.85. The summed E-state index contributed by atoms with van der Waals surface area (Å²) in [4.78, 5) is 47.0. The standard InChI is InChI=1S/C24H25N5O3/c1-4-28(14-21-25-18-8-6-5-7-17(18)23(31)26-21)24(32)19-11-12-22(30)29(27-19)20-13-15(2)9-10-16(20)3/h5-10,13H,4,11-12,14H2,1-3H3,(H,25,26,31). The van der Waals surface area contributed by atoms with Gasteiger partial charge in [0.2, 0.25) is 5.91 Å². The van der Waals surface area contributed by atoms with Gasteiger partial charge in [0.25, 0.3) is 11.5 Å². The first-order valence-electron chi connectivity index (χ1n) is 10.6. The van der Waals surface area contributed by atoms with Crippen LogP contribution in [0.1, 0.15) is 36.7 Å². The molecule has 0 fully saturated rings. The third kappa shape index (κ3) is 4.16. The lowest BCUT2D eigenvalue weighted by Gasteiger charge is -2.27. The van der Waals surface area contributed by atoms with Gasteiger partial charge < -0.3 is 9.88 Å². The second-order valence-electron chi connectivity index (χ2n) is 7.89. The number of H-pyrrole nitrogens is 1. The fourth-order valence-corrected chi connectivity index (χ4v) is 3.74. The van der Waals surface area contributed by atoms with Crippen molar-refractivity contribution in [1.29, 1.82) is 0 Å². The average molecular weight is 431 g/mol. The van der Waals surface area contributed by atoms with Gasteiger partial charge in [0, 0.05) is 19.4 Å². The van der Waals surface area contributed by atoms with Crippen LogP contribution in [0.4, 0.5) is 5.69 Å². The van der Waals surface area contributed by atoms with E-state index >= 15 is 0 Å². The zero-order valence-electron chi connectivity index (χ0n) is 18.4. The number of nitrogens with one attached hydrogen (secondary N) is 1. The number of amides is 2. The van der Waals surface area contributed by atoms with Crippen LogP contribution in [0.25, 0.3) is 10.9 Å². The van der Waals surface area contributed by atoms with E-state index in [1.807, 2.05) is 45.0 Å². The number of hydrogen-bond donors (Lipinski definition) is 1. The minimum atomic E-state index is -0.272. The summed E-state index contributed by atoms with van der Waals surface area (Å²) < 4.78 is 0. The molecule has 1 aromatic heterocycles. The molecule has 0 saturated carbocycles. The molecule has 2 heterocycles. The molecule has 0 atom stereocenters. The van der Waals surface area contributed by atoms with E-state index < -0.39 is 0 Å². The molecule has 1 aliphatic rings. The molecule has 0 spiro atoms. The van der Waals surface area contributed by atoms with Crippen LogP contribution in [0.5, 0.6) is 0 Å². The number of aromatic amines is 1. The summed E-state index contributed by atoms with van der Waals surface area (Å²) in [6.07, 6.45) is 0.484. The molecule has 0 unspecified atom stereocenters. The Morgan fingerprint density at radius 3 is 2.69 bits per heavy atom. The molecular weight excluding hydrogens is 406 g/mol. The third-order valence-corrected chi connectivity index (χ3v) is 5.54. The second-order valence-corrected chi connectivity index (χ2v) is 7.89. The number of carbonyl (C=O) groups is 2. The number of benzene rings is 2. The summed E-state index contributed by atoms with van der Waals surface area (Å²) in [6, 6.07) is 12.9. The largest absolute Gasteiger partial charge is 0.330 e. The summed E-state index contributed by atoms with van der Waals surface area (Å²) >= 11 is 0. The first kappa shape index (κ1) is 21.4. The van der Waals surface area contributed by atoms with Gasteiger partial charge in [-0.15, -0.1) is 0 Å². The highest BCUT2D eigenvalue weighted by atomic mass is 16.2. The molecule has 0 radical (unpaired) electrons. The molecule has 32 heavy (non-hydrogen) atoms. The fourth-order valence-electron chi connectivity index (χ4n) is 3.74. The van der Waals surface area contributed by atoms with Gasteiger partial charge in [0.1, 0.15) is 11.5 Å². The Morgan fingerprint density at radius 2 is 1.91 bits per heavy atom. The quantitative estimate of drug-likeness (QED) is 0.671. The lowest BCUT2D eigenvalue weighted by molar-refractivity contribution is -0.124. The van der Waals surface area contributed by atoms with Crippen LogP contribution in [0, 0.1) is 13.8 Å². The van der Waals surface area contributed by atoms with Gasteiger partial charge in [-0.2, -0.15) is 5.10 Å². The maximum Gasteiger partial charge on any atom is 0.270 e. The van der Waals surface area contributed by atoms with Gasteiger partial charge in [0.05, 0.1) is 23.1 Å². The maximum atomic E-state index is 13.3. The van der Waals surface area contributed by atoms with Crippen molar-refractivity contribution in [1.82, 2.24) is 14.9 Å². The number of carbonyl (C=O) groups excluding carboxylic acids is 2. The van der Waals surface area contributed by atoms with E-state index in [4.69, 9.17) is 0 Å². The summed E-state index contributed by atoms with van der Waals surface area (Å²) in [5.41, 5.74) is 3.26. The zero-order valence-corrected chi connectivity index (χ0v) is 18.4. The summed E-state index contributed by atoms with van der Waals surface area (Å²) in [6.45, 7) is 6.27. The molecule has 164 valence electrons. The third-order valence-electron chi connectivity index (χ3n) is 5.54. The van der Waals surface area contributed by atoms with Crippen LogP contribution < -0.4 is 10.6 Å². The molecule has 0 bridgehead atoms. The topological polar surface area (TPSA) is 98.7 Å². The molecule has 2 amide bonds. The van der Waals surface area contributed by atoms with Gasteiger partial charge in [-0.1, -0.05) is 24.3 Å². The van der Waals surface area contributed by atoms with Crippen LogP contribution in [-0.4, -0.2) is 38.9 Å². The lowest BCUT2D eigenvalue weighted by Crippen LogP contribution is -2.41. The van der Waals surface area contributed by atoms with Gasteiger partial charge >= 0.3 is 0 Å². The maximum absolute atomic E-state index is 13.3. The predicted octanol–water partition coefficient (Wildman–Crippen LogP) is 3.07. The fraction of sp³-hybridized carbons (Fsp3) is 0.292. The van der Waals surface area contributed by atoms with Crippen LogP contribution in [-0.2, 0) is 16.1 Å². The Morgan fingerprint density at radius 1 is 1.12 bits per heavy atom. The van der Waals surface area contributed by atoms with Crippen LogP contribution in [0.15, 0.2) is 52.4 Å². The number of anilines is 1. The van der Waals surface area contributed by atoms with Crippen molar-refractivity contribution in [3.63, 3.8) is 0 Å². The molecule has 0 aliphatic carbocycles. The normalized spacial score (nSPS) is 13.9.